The first kappa shape index (κ1) is 10.5. The molecule has 0 bridgehead atoms. The van der Waals surface area contributed by atoms with Gasteiger partial charge >= 0.3 is 0 Å². The van der Waals surface area contributed by atoms with E-state index in [2.05, 4.69) is 0 Å². The molecular formula is C7H17BN2O. The molecule has 0 spiro atoms. The fourth-order valence-corrected chi connectivity index (χ4v) is 0.691. The van der Waals surface area contributed by atoms with Crippen LogP contribution >= 0.6 is 0 Å². The van der Waals surface area contributed by atoms with Crippen molar-refractivity contribution in [2.75, 3.05) is 7.05 Å². The average Bonchev–Trinajstić information content (AvgIpc) is 2.00. The molecule has 2 atom stereocenters. The summed E-state index contributed by atoms with van der Waals surface area (Å²) in [4.78, 5) is 13.0. The lowest BCUT2D eigenvalue weighted by Gasteiger charge is -2.24. The molecule has 0 fully saturated rings. The quantitative estimate of drug-likeness (QED) is 0.541. The first-order chi connectivity index (χ1) is 5.00. The normalized spacial score (nSPS) is 15.6. The van der Waals surface area contributed by atoms with Crippen molar-refractivity contribution in [3.05, 3.63) is 0 Å². The van der Waals surface area contributed by atoms with E-state index >= 15 is 0 Å². The Kier molecular flexibility index (Phi) is 4.19. The van der Waals surface area contributed by atoms with Crippen molar-refractivity contribution in [2.45, 2.75) is 32.3 Å². The molecule has 0 aromatic rings. The lowest BCUT2D eigenvalue weighted by atomic mass is 9.97. The zero-order valence-electron chi connectivity index (χ0n) is 7.79. The predicted molar refractivity (Wildman–Crippen MR) is 49.0 cm³/mol. The number of likely N-dealkylation sites (N-methyl/N-ethyl adjacent to an activating group) is 1. The number of hydrogen-bond acceptors (Lipinski definition) is 2. The lowest BCUT2D eigenvalue weighted by Crippen LogP contribution is -2.45. The third-order valence-electron chi connectivity index (χ3n) is 1.88. The molecule has 0 saturated carbocycles. The summed E-state index contributed by atoms with van der Waals surface area (Å²) in [7, 11) is 3.75. The highest BCUT2D eigenvalue weighted by Crippen LogP contribution is 1.96. The maximum Gasteiger partial charge on any atom is 0.238 e. The Balaban J connectivity index is 4.02. The summed E-state index contributed by atoms with van der Waals surface area (Å²) in [5.74, 6) is 0.266. The van der Waals surface area contributed by atoms with Crippen molar-refractivity contribution in [3.63, 3.8) is 0 Å². The maximum atomic E-state index is 11.3. The SMILES string of the molecule is B[C@H](C)N(C)C(=O)C(N)CC. The molecule has 0 aromatic carbocycles. The van der Waals surface area contributed by atoms with Gasteiger partial charge in [0.1, 0.15) is 7.85 Å². The van der Waals surface area contributed by atoms with Gasteiger partial charge in [-0.1, -0.05) is 13.8 Å². The molecule has 11 heavy (non-hydrogen) atoms. The Morgan fingerprint density at radius 1 is 1.73 bits per heavy atom. The van der Waals surface area contributed by atoms with Gasteiger partial charge in [-0.3, -0.25) is 4.79 Å². The van der Waals surface area contributed by atoms with Crippen LogP contribution in [-0.4, -0.2) is 37.7 Å². The second-order valence-electron chi connectivity index (χ2n) is 3.06. The van der Waals surface area contributed by atoms with Gasteiger partial charge in [-0.05, 0) is 12.4 Å². The molecule has 2 N–H and O–H groups in total. The van der Waals surface area contributed by atoms with E-state index in [9.17, 15) is 4.79 Å². The average molecular weight is 156 g/mol. The number of carbonyl (C=O) groups excluding carboxylic acids is 1. The van der Waals surface area contributed by atoms with Crippen LogP contribution in [0.1, 0.15) is 20.3 Å². The predicted octanol–water partition coefficient (Wildman–Crippen LogP) is -0.839. The van der Waals surface area contributed by atoms with E-state index in [0.29, 0.717) is 6.42 Å². The van der Waals surface area contributed by atoms with E-state index in [4.69, 9.17) is 5.73 Å². The van der Waals surface area contributed by atoms with Crippen LogP contribution in [-0.2, 0) is 4.79 Å². The molecule has 0 radical (unpaired) electrons. The summed E-state index contributed by atoms with van der Waals surface area (Å²) in [6.45, 7) is 3.89. The molecule has 0 aliphatic rings. The Morgan fingerprint density at radius 2 is 2.18 bits per heavy atom. The highest BCUT2D eigenvalue weighted by atomic mass is 16.2. The number of carbonyl (C=O) groups is 1. The third-order valence-corrected chi connectivity index (χ3v) is 1.88. The summed E-state index contributed by atoms with van der Waals surface area (Å²) in [5, 5.41) is 0. The molecular weight excluding hydrogens is 139 g/mol. The number of amides is 1. The van der Waals surface area contributed by atoms with Crippen LogP contribution in [0.3, 0.4) is 0 Å². The van der Waals surface area contributed by atoms with Gasteiger partial charge in [0.15, 0.2) is 0 Å². The Hall–Kier alpha value is -0.505. The van der Waals surface area contributed by atoms with Gasteiger partial charge in [0.2, 0.25) is 5.91 Å². The fourth-order valence-electron chi connectivity index (χ4n) is 0.691. The van der Waals surface area contributed by atoms with Crippen LogP contribution < -0.4 is 5.73 Å². The zero-order valence-corrected chi connectivity index (χ0v) is 7.79. The second kappa shape index (κ2) is 4.39. The van der Waals surface area contributed by atoms with E-state index in [-0.39, 0.29) is 17.9 Å². The van der Waals surface area contributed by atoms with Crippen molar-refractivity contribution < 1.29 is 4.79 Å². The summed E-state index contributed by atoms with van der Waals surface area (Å²) in [5.41, 5.74) is 5.56. The lowest BCUT2D eigenvalue weighted by molar-refractivity contribution is -0.131. The standard InChI is InChI=1S/C7H17BN2O/c1-4-6(9)7(11)10(3)5(2)8/h5-6H,4,8-9H2,1-3H3/t5-,6?/m0/s1. The van der Waals surface area contributed by atoms with Gasteiger partial charge in [-0.2, -0.15) is 0 Å². The minimum atomic E-state index is -0.331. The van der Waals surface area contributed by atoms with Crippen molar-refractivity contribution in [1.82, 2.24) is 4.90 Å². The maximum absolute atomic E-state index is 11.3. The van der Waals surface area contributed by atoms with Crippen molar-refractivity contribution in [3.8, 4) is 0 Å². The largest absolute Gasteiger partial charge is 0.350 e. The number of hydrogen-bond donors (Lipinski definition) is 1. The Labute approximate surface area is 69.3 Å². The van der Waals surface area contributed by atoms with E-state index in [1.165, 1.54) is 0 Å². The van der Waals surface area contributed by atoms with Gasteiger partial charge < -0.3 is 10.6 Å². The van der Waals surface area contributed by atoms with Gasteiger partial charge in [-0.15, -0.1) is 0 Å². The number of rotatable bonds is 3. The van der Waals surface area contributed by atoms with Crippen LogP contribution in [0.4, 0.5) is 0 Å². The topological polar surface area (TPSA) is 46.3 Å². The first-order valence-corrected chi connectivity index (χ1v) is 4.03. The molecule has 0 rings (SSSR count). The van der Waals surface area contributed by atoms with E-state index in [1.54, 1.807) is 11.9 Å². The van der Waals surface area contributed by atoms with E-state index in [1.807, 2.05) is 21.7 Å². The molecule has 3 nitrogen and oxygen atoms in total. The van der Waals surface area contributed by atoms with Crippen LogP contribution in [0.5, 0.6) is 0 Å². The molecule has 1 amide bonds. The Bertz CT molecular complexity index is 138. The summed E-state index contributed by atoms with van der Waals surface area (Å²) < 4.78 is 0. The minimum absolute atomic E-state index is 0.0301. The van der Waals surface area contributed by atoms with Crippen LogP contribution in [0.25, 0.3) is 0 Å². The highest BCUT2D eigenvalue weighted by Gasteiger charge is 2.17. The molecule has 64 valence electrons. The first-order valence-electron chi connectivity index (χ1n) is 4.03. The molecule has 1 unspecified atom stereocenters. The fraction of sp³-hybridized carbons (Fsp3) is 0.857. The minimum Gasteiger partial charge on any atom is -0.350 e. The molecule has 0 saturated heterocycles. The molecule has 0 aliphatic carbocycles. The van der Waals surface area contributed by atoms with Crippen LogP contribution in [0.2, 0.25) is 0 Å². The number of nitrogens with two attached hydrogens (primary N) is 1. The molecule has 4 heteroatoms. The highest BCUT2D eigenvalue weighted by molar-refractivity contribution is 6.12. The smallest absolute Gasteiger partial charge is 0.238 e. The van der Waals surface area contributed by atoms with Gasteiger partial charge in [-0.25, -0.2) is 0 Å². The summed E-state index contributed by atoms with van der Waals surface area (Å²) in [6.07, 6.45) is 0.704. The van der Waals surface area contributed by atoms with E-state index < -0.39 is 0 Å². The van der Waals surface area contributed by atoms with Gasteiger partial charge in [0.25, 0.3) is 0 Å². The summed E-state index contributed by atoms with van der Waals surface area (Å²) >= 11 is 0. The monoisotopic (exact) mass is 156 g/mol. The molecule has 0 heterocycles. The molecule has 0 aromatic heterocycles. The van der Waals surface area contributed by atoms with Crippen LogP contribution in [0.15, 0.2) is 0 Å². The summed E-state index contributed by atoms with van der Waals surface area (Å²) in [6, 6.07) is -0.331. The van der Waals surface area contributed by atoms with E-state index in [0.717, 1.165) is 0 Å². The van der Waals surface area contributed by atoms with Crippen LogP contribution in [0, 0.1) is 0 Å². The second-order valence-corrected chi connectivity index (χ2v) is 3.06. The molecule has 0 aliphatic heterocycles. The van der Waals surface area contributed by atoms with Crippen molar-refractivity contribution >= 4 is 13.8 Å². The number of nitrogens with zero attached hydrogens (tertiary/aromatic N) is 1. The van der Waals surface area contributed by atoms with Gasteiger partial charge in [0, 0.05) is 7.05 Å². The zero-order chi connectivity index (χ0) is 9.02. The van der Waals surface area contributed by atoms with Gasteiger partial charge in [0.05, 0.1) is 6.04 Å². The van der Waals surface area contributed by atoms with Crippen molar-refractivity contribution in [1.29, 1.82) is 0 Å². The third kappa shape index (κ3) is 2.93. The van der Waals surface area contributed by atoms with Crippen molar-refractivity contribution in [2.24, 2.45) is 5.73 Å². The Morgan fingerprint density at radius 3 is 2.45 bits per heavy atom.